The molecule has 1 aliphatic heterocycles. The Bertz CT molecular complexity index is 577. The number of amides is 1. The second-order valence-corrected chi connectivity index (χ2v) is 4.00. The van der Waals surface area contributed by atoms with E-state index in [0.717, 1.165) is 23.1 Å². The molecule has 1 aromatic carbocycles. The van der Waals surface area contributed by atoms with E-state index in [4.69, 9.17) is 5.11 Å². The quantitative estimate of drug-likeness (QED) is 0.485. The van der Waals surface area contributed by atoms with E-state index in [1.807, 2.05) is 0 Å². The number of Topliss-reactive ketones (excluding diaryl/α,β-unsaturated/α-hetero) is 1. The Hall–Kier alpha value is -2.77. The van der Waals surface area contributed by atoms with Crippen LogP contribution in [0.3, 0.4) is 0 Å². The fraction of sp³-hybridized carbons (Fsp3) is 0.182. The zero-order valence-electron chi connectivity index (χ0n) is 9.53. The van der Waals surface area contributed by atoms with Gasteiger partial charge in [-0.3, -0.25) is 19.7 Å². The Labute approximate surface area is 106 Å². The lowest BCUT2D eigenvalue weighted by Crippen LogP contribution is -2.24. The van der Waals surface area contributed by atoms with Crippen molar-refractivity contribution in [2.24, 2.45) is 0 Å². The van der Waals surface area contributed by atoms with Gasteiger partial charge in [0, 0.05) is 12.1 Å². The molecule has 1 N–H and O–H groups in total. The number of carboxylic acids is 1. The van der Waals surface area contributed by atoms with Gasteiger partial charge in [0.05, 0.1) is 29.1 Å². The van der Waals surface area contributed by atoms with Crippen molar-refractivity contribution in [3.8, 4) is 0 Å². The van der Waals surface area contributed by atoms with E-state index in [0.29, 0.717) is 0 Å². The van der Waals surface area contributed by atoms with E-state index in [9.17, 15) is 24.5 Å². The first-order valence-electron chi connectivity index (χ1n) is 5.23. The topological polar surface area (TPSA) is 118 Å². The predicted octanol–water partition coefficient (Wildman–Crippen LogP) is 0.599. The van der Waals surface area contributed by atoms with Crippen LogP contribution in [-0.2, 0) is 9.59 Å². The molecule has 0 radical (unpaired) electrons. The Morgan fingerprint density at radius 2 is 2.00 bits per heavy atom. The van der Waals surface area contributed by atoms with Crippen LogP contribution >= 0.6 is 0 Å². The average molecular weight is 264 g/mol. The molecule has 0 spiro atoms. The first kappa shape index (κ1) is 12.7. The number of ketones is 1. The minimum atomic E-state index is -1.34. The van der Waals surface area contributed by atoms with Gasteiger partial charge in [-0.2, -0.15) is 0 Å². The van der Waals surface area contributed by atoms with Crippen molar-refractivity contribution >= 4 is 29.0 Å². The van der Waals surface area contributed by atoms with Crippen molar-refractivity contribution in [2.45, 2.75) is 6.42 Å². The third kappa shape index (κ3) is 2.41. The highest BCUT2D eigenvalue weighted by Crippen LogP contribution is 2.26. The predicted molar refractivity (Wildman–Crippen MR) is 62.0 cm³/mol. The maximum absolute atomic E-state index is 11.5. The summed E-state index contributed by atoms with van der Waals surface area (Å²) in [5, 5.41) is 19.6. The van der Waals surface area contributed by atoms with E-state index in [2.05, 4.69) is 0 Å². The number of benzene rings is 1. The van der Waals surface area contributed by atoms with Crippen molar-refractivity contribution < 1.29 is 24.4 Å². The lowest BCUT2D eigenvalue weighted by atomic mass is 10.1. The van der Waals surface area contributed by atoms with Crippen LogP contribution < -0.4 is 4.90 Å². The first-order valence-corrected chi connectivity index (χ1v) is 5.23. The fourth-order valence-electron chi connectivity index (χ4n) is 1.80. The Morgan fingerprint density at radius 3 is 2.47 bits per heavy atom. The van der Waals surface area contributed by atoms with Crippen LogP contribution in [0.4, 0.5) is 11.4 Å². The molecule has 2 rings (SSSR count). The smallest absolute Gasteiger partial charge is 0.336 e. The normalized spacial score (nSPS) is 14.8. The lowest BCUT2D eigenvalue weighted by molar-refractivity contribution is -0.384. The summed E-state index contributed by atoms with van der Waals surface area (Å²) < 4.78 is 0. The van der Waals surface area contributed by atoms with E-state index in [-0.39, 0.29) is 30.0 Å². The number of nitro groups is 1. The van der Waals surface area contributed by atoms with Crippen LogP contribution in [0.2, 0.25) is 0 Å². The minimum absolute atomic E-state index is 0.0439. The summed E-state index contributed by atoms with van der Waals surface area (Å²) in [6.07, 6.45) is -0.273. The number of non-ortho nitro benzene ring substituents is 1. The van der Waals surface area contributed by atoms with Gasteiger partial charge in [0.1, 0.15) is 0 Å². The van der Waals surface area contributed by atoms with Crippen molar-refractivity contribution in [2.75, 3.05) is 11.4 Å². The number of carbonyl (C=O) groups is 3. The summed E-state index contributed by atoms with van der Waals surface area (Å²) in [6.45, 7) is -0.195. The number of nitrogens with zero attached hydrogens (tertiary/aromatic N) is 2. The van der Waals surface area contributed by atoms with Crippen molar-refractivity contribution in [1.29, 1.82) is 0 Å². The average Bonchev–Trinajstić information content (AvgIpc) is 2.67. The van der Waals surface area contributed by atoms with Gasteiger partial charge in [0.15, 0.2) is 5.78 Å². The highest BCUT2D eigenvalue weighted by atomic mass is 16.6. The molecule has 0 aromatic heterocycles. The van der Waals surface area contributed by atoms with Gasteiger partial charge in [-0.1, -0.05) is 0 Å². The molecular formula is C11H8N2O6. The SMILES string of the molecule is O=C1CC(=O)N(c2cc(C(=O)O)cc([N+](=O)[O-])c2)C1. The van der Waals surface area contributed by atoms with Crippen LogP contribution in [0.25, 0.3) is 0 Å². The first-order chi connectivity index (χ1) is 8.88. The van der Waals surface area contributed by atoms with Crippen molar-refractivity contribution in [3.63, 3.8) is 0 Å². The van der Waals surface area contributed by atoms with Crippen molar-refractivity contribution in [1.82, 2.24) is 0 Å². The van der Waals surface area contributed by atoms with Gasteiger partial charge in [0.25, 0.3) is 5.69 Å². The zero-order chi connectivity index (χ0) is 14.2. The molecule has 8 nitrogen and oxygen atoms in total. The van der Waals surface area contributed by atoms with E-state index in [1.54, 1.807) is 0 Å². The molecule has 98 valence electrons. The van der Waals surface area contributed by atoms with Gasteiger partial charge in [-0.25, -0.2) is 4.79 Å². The highest BCUT2D eigenvalue weighted by Gasteiger charge is 2.30. The van der Waals surface area contributed by atoms with E-state index < -0.39 is 22.5 Å². The van der Waals surface area contributed by atoms with Gasteiger partial charge in [-0.05, 0) is 6.07 Å². The standard InChI is InChI=1S/C11H8N2O6/c14-9-4-10(15)12(5-9)7-1-6(11(16)17)2-8(3-7)13(18)19/h1-3H,4-5H2,(H,16,17). The Kier molecular flexibility index (Phi) is 2.99. The van der Waals surface area contributed by atoms with Crippen LogP contribution in [0.1, 0.15) is 16.8 Å². The van der Waals surface area contributed by atoms with Crippen LogP contribution in [-0.4, -0.2) is 34.2 Å². The largest absolute Gasteiger partial charge is 0.478 e. The maximum atomic E-state index is 11.5. The molecule has 1 amide bonds. The molecule has 1 fully saturated rings. The molecule has 0 bridgehead atoms. The number of aromatic carboxylic acids is 1. The summed E-state index contributed by atoms with van der Waals surface area (Å²) in [5.74, 6) is -2.15. The third-order valence-corrected chi connectivity index (χ3v) is 2.66. The van der Waals surface area contributed by atoms with Gasteiger partial charge in [-0.15, -0.1) is 0 Å². The summed E-state index contributed by atoms with van der Waals surface area (Å²) in [4.78, 5) is 44.6. The fourth-order valence-corrected chi connectivity index (χ4v) is 1.80. The third-order valence-electron chi connectivity index (χ3n) is 2.66. The second kappa shape index (κ2) is 4.48. The monoisotopic (exact) mass is 264 g/mol. The highest BCUT2D eigenvalue weighted by molar-refractivity contribution is 6.15. The summed E-state index contributed by atoms with van der Waals surface area (Å²) >= 11 is 0. The van der Waals surface area contributed by atoms with E-state index in [1.165, 1.54) is 0 Å². The maximum Gasteiger partial charge on any atom is 0.336 e. The lowest BCUT2D eigenvalue weighted by Gasteiger charge is -2.14. The summed E-state index contributed by atoms with van der Waals surface area (Å²) in [6, 6.07) is 3.10. The van der Waals surface area contributed by atoms with Gasteiger partial charge >= 0.3 is 5.97 Å². The van der Waals surface area contributed by atoms with Gasteiger partial charge in [0.2, 0.25) is 5.91 Å². The molecule has 0 atom stereocenters. The molecule has 19 heavy (non-hydrogen) atoms. The van der Waals surface area contributed by atoms with Crippen LogP contribution in [0.15, 0.2) is 18.2 Å². The van der Waals surface area contributed by atoms with Crippen molar-refractivity contribution in [3.05, 3.63) is 33.9 Å². The summed E-state index contributed by atoms with van der Waals surface area (Å²) in [7, 11) is 0. The zero-order valence-corrected chi connectivity index (χ0v) is 9.53. The minimum Gasteiger partial charge on any atom is -0.478 e. The number of rotatable bonds is 3. The molecule has 1 heterocycles. The number of hydrogen-bond acceptors (Lipinski definition) is 5. The number of carbonyl (C=O) groups excluding carboxylic acids is 2. The molecule has 8 heteroatoms. The summed E-state index contributed by atoms with van der Waals surface area (Å²) in [5.41, 5.74) is -0.708. The Balaban J connectivity index is 2.50. The van der Waals surface area contributed by atoms with E-state index >= 15 is 0 Å². The molecule has 0 unspecified atom stereocenters. The number of anilines is 1. The molecule has 0 saturated carbocycles. The van der Waals surface area contributed by atoms with Crippen LogP contribution in [0.5, 0.6) is 0 Å². The molecule has 1 saturated heterocycles. The number of hydrogen-bond donors (Lipinski definition) is 1. The molecule has 1 aliphatic rings. The molecular weight excluding hydrogens is 256 g/mol. The molecule has 0 aliphatic carbocycles. The Morgan fingerprint density at radius 1 is 1.32 bits per heavy atom. The number of nitro benzene ring substituents is 1. The van der Waals surface area contributed by atoms with Gasteiger partial charge < -0.3 is 10.0 Å². The second-order valence-electron chi connectivity index (χ2n) is 4.00. The number of carboxylic acid groups (broad SMARTS) is 1. The molecule has 1 aromatic rings. The van der Waals surface area contributed by atoms with Crippen LogP contribution in [0, 0.1) is 10.1 Å².